The molecule has 0 aliphatic heterocycles. The van der Waals surface area contributed by atoms with E-state index in [0.717, 1.165) is 23.5 Å². The molecule has 0 radical (unpaired) electrons. The van der Waals surface area contributed by atoms with E-state index in [1.165, 1.54) is 0 Å². The highest BCUT2D eigenvalue weighted by atomic mass is 16.3. The third-order valence-corrected chi connectivity index (χ3v) is 3.71. The summed E-state index contributed by atoms with van der Waals surface area (Å²) in [6.45, 7) is 4.58. The lowest BCUT2D eigenvalue weighted by atomic mass is 9.95. The predicted molar refractivity (Wildman–Crippen MR) is 85.3 cm³/mol. The minimum Gasteiger partial charge on any atom is -0.395 e. The van der Waals surface area contributed by atoms with Crippen molar-refractivity contribution in [2.45, 2.75) is 32.7 Å². The van der Waals surface area contributed by atoms with Gasteiger partial charge in [-0.2, -0.15) is 0 Å². The number of hydrogen-bond donors (Lipinski definition) is 2. The Labute approximate surface area is 131 Å². The van der Waals surface area contributed by atoms with E-state index in [4.69, 9.17) is 0 Å². The Balaban J connectivity index is 2.17. The molecule has 2 aromatic rings. The number of aliphatic hydroxyl groups is 1. The topological polar surface area (TPSA) is 69.2 Å². The van der Waals surface area contributed by atoms with E-state index in [2.05, 4.69) is 9.97 Å². The highest BCUT2D eigenvalue weighted by Crippen LogP contribution is 2.22. The summed E-state index contributed by atoms with van der Waals surface area (Å²) < 4.78 is 0. The van der Waals surface area contributed by atoms with Crippen LogP contribution in [-0.4, -0.2) is 39.0 Å². The van der Waals surface area contributed by atoms with Crippen LogP contribution in [0.25, 0.3) is 0 Å². The maximum Gasteiger partial charge on any atom is 0.230 e. The van der Waals surface area contributed by atoms with E-state index < -0.39 is 0 Å². The molecule has 1 aromatic carbocycles. The van der Waals surface area contributed by atoms with E-state index in [1.807, 2.05) is 44.2 Å². The molecular formula is C17H23N3O2. The summed E-state index contributed by atoms with van der Waals surface area (Å²) in [6.07, 6.45) is 2.46. The van der Waals surface area contributed by atoms with Crippen molar-refractivity contribution in [3.8, 4) is 0 Å². The molecule has 1 atom stereocenters. The van der Waals surface area contributed by atoms with Crippen LogP contribution in [0.1, 0.15) is 36.3 Å². The van der Waals surface area contributed by atoms with Gasteiger partial charge < -0.3 is 15.0 Å². The van der Waals surface area contributed by atoms with Gasteiger partial charge in [-0.05, 0) is 18.9 Å². The summed E-state index contributed by atoms with van der Waals surface area (Å²) in [4.78, 5) is 21.8. The number of nitrogens with zero attached hydrogens (tertiary/aromatic N) is 2. The second-order valence-electron chi connectivity index (χ2n) is 5.35. The number of aromatic nitrogens is 2. The SMILES string of the molecule is CCC(C(=O)N(CCO)Cc1cnc(C)[nH]1)c1ccccc1. The van der Waals surface area contributed by atoms with Gasteiger partial charge in [0.25, 0.3) is 0 Å². The number of imidazole rings is 1. The zero-order chi connectivity index (χ0) is 15.9. The van der Waals surface area contributed by atoms with Crippen LogP contribution in [0.15, 0.2) is 36.5 Å². The van der Waals surface area contributed by atoms with Gasteiger partial charge in [-0.3, -0.25) is 4.79 Å². The van der Waals surface area contributed by atoms with E-state index >= 15 is 0 Å². The minimum absolute atomic E-state index is 0.0370. The summed E-state index contributed by atoms with van der Waals surface area (Å²) in [6, 6.07) is 9.78. The van der Waals surface area contributed by atoms with Crippen molar-refractivity contribution in [2.75, 3.05) is 13.2 Å². The van der Waals surface area contributed by atoms with Gasteiger partial charge in [0.15, 0.2) is 0 Å². The maximum absolute atomic E-state index is 12.9. The van der Waals surface area contributed by atoms with Gasteiger partial charge in [-0.15, -0.1) is 0 Å². The van der Waals surface area contributed by atoms with Crippen LogP contribution in [0, 0.1) is 6.92 Å². The molecule has 1 unspecified atom stereocenters. The fourth-order valence-electron chi connectivity index (χ4n) is 2.60. The van der Waals surface area contributed by atoms with Crippen molar-refractivity contribution in [1.29, 1.82) is 0 Å². The van der Waals surface area contributed by atoms with Gasteiger partial charge in [-0.1, -0.05) is 37.3 Å². The largest absolute Gasteiger partial charge is 0.395 e. The van der Waals surface area contributed by atoms with Gasteiger partial charge in [-0.25, -0.2) is 4.98 Å². The quantitative estimate of drug-likeness (QED) is 0.824. The zero-order valence-electron chi connectivity index (χ0n) is 13.1. The first-order valence-electron chi connectivity index (χ1n) is 7.60. The lowest BCUT2D eigenvalue weighted by molar-refractivity contribution is -0.134. The van der Waals surface area contributed by atoms with Gasteiger partial charge in [0.1, 0.15) is 5.82 Å². The molecule has 5 nitrogen and oxygen atoms in total. The van der Waals surface area contributed by atoms with E-state index in [9.17, 15) is 9.90 Å². The predicted octanol–water partition coefficient (Wildman–Crippen LogP) is 2.23. The molecule has 5 heteroatoms. The third-order valence-electron chi connectivity index (χ3n) is 3.71. The fourth-order valence-corrected chi connectivity index (χ4v) is 2.60. The Hall–Kier alpha value is -2.14. The van der Waals surface area contributed by atoms with Gasteiger partial charge in [0.2, 0.25) is 5.91 Å². The maximum atomic E-state index is 12.9. The summed E-state index contributed by atoms with van der Waals surface area (Å²) >= 11 is 0. The van der Waals surface area contributed by atoms with Crippen LogP contribution < -0.4 is 0 Å². The number of carbonyl (C=O) groups is 1. The van der Waals surface area contributed by atoms with E-state index in [-0.39, 0.29) is 18.4 Å². The molecule has 2 rings (SSSR count). The van der Waals surface area contributed by atoms with Gasteiger partial charge in [0.05, 0.1) is 31.0 Å². The van der Waals surface area contributed by atoms with Crippen molar-refractivity contribution in [3.05, 3.63) is 53.6 Å². The Kier molecular flexibility index (Phi) is 5.72. The molecule has 0 saturated carbocycles. The van der Waals surface area contributed by atoms with Crippen molar-refractivity contribution >= 4 is 5.91 Å². The number of aliphatic hydroxyl groups excluding tert-OH is 1. The van der Waals surface area contributed by atoms with Crippen LogP contribution in [0.2, 0.25) is 0 Å². The summed E-state index contributed by atoms with van der Waals surface area (Å²) in [7, 11) is 0. The van der Waals surface area contributed by atoms with Crippen molar-refractivity contribution in [2.24, 2.45) is 0 Å². The van der Waals surface area contributed by atoms with E-state index in [1.54, 1.807) is 11.1 Å². The molecule has 0 bridgehead atoms. The van der Waals surface area contributed by atoms with Crippen LogP contribution in [0.5, 0.6) is 0 Å². The van der Waals surface area contributed by atoms with E-state index in [0.29, 0.717) is 13.1 Å². The molecule has 0 fully saturated rings. The molecular weight excluding hydrogens is 278 g/mol. The zero-order valence-corrected chi connectivity index (χ0v) is 13.1. The Morgan fingerprint density at radius 2 is 2.09 bits per heavy atom. The summed E-state index contributed by atoms with van der Waals surface area (Å²) in [5.74, 6) is 0.674. The first-order chi connectivity index (χ1) is 10.7. The molecule has 0 spiro atoms. The average molecular weight is 301 g/mol. The number of hydrogen-bond acceptors (Lipinski definition) is 3. The van der Waals surface area contributed by atoms with Crippen molar-refractivity contribution in [1.82, 2.24) is 14.9 Å². The van der Waals surface area contributed by atoms with Gasteiger partial charge in [0, 0.05) is 6.54 Å². The first kappa shape index (κ1) is 16.2. The molecule has 118 valence electrons. The Morgan fingerprint density at radius 3 is 2.64 bits per heavy atom. The molecule has 2 N–H and O–H groups in total. The molecule has 0 aliphatic rings. The average Bonchev–Trinajstić information content (AvgIpc) is 2.94. The molecule has 1 heterocycles. The number of aryl methyl sites for hydroxylation is 1. The summed E-state index contributed by atoms with van der Waals surface area (Å²) in [5, 5.41) is 9.27. The Bertz CT molecular complexity index is 595. The lowest BCUT2D eigenvalue weighted by Crippen LogP contribution is -2.36. The second kappa shape index (κ2) is 7.75. The number of H-pyrrole nitrogens is 1. The number of benzene rings is 1. The Morgan fingerprint density at radius 1 is 1.36 bits per heavy atom. The fraction of sp³-hybridized carbons (Fsp3) is 0.412. The second-order valence-corrected chi connectivity index (χ2v) is 5.35. The van der Waals surface area contributed by atoms with Crippen molar-refractivity contribution < 1.29 is 9.90 Å². The number of rotatable bonds is 7. The van der Waals surface area contributed by atoms with Crippen LogP contribution in [0.4, 0.5) is 0 Å². The number of aromatic amines is 1. The number of amides is 1. The van der Waals surface area contributed by atoms with Crippen LogP contribution in [-0.2, 0) is 11.3 Å². The normalized spacial score (nSPS) is 12.1. The monoisotopic (exact) mass is 301 g/mol. The van der Waals surface area contributed by atoms with Crippen molar-refractivity contribution in [3.63, 3.8) is 0 Å². The minimum atomic E-state index is -0.184. The summed E-state index contributed by atoms with van der Waals surface area (Å²) in [5.41, 5.74) is 1.89. The van der Waals surface area contributed by atoms with Gasteiger partial charge >= 0.3 is 0 Å². The van der Waals surface area contributed by atoms with Crippen LogP contribution in [0.3, 0.4) is 0 Å². The smallest absolute Gasteiger partial charge is 0.230 e. The number of carbonyl (C=O) groups excluding carboxylic acids is 1. The highest BCUT2D eigenvalue weighted by molar-refractivity contribution is 5.83. The molecule has 22 heavy (non-hydrogen) atoms. The molecule has 1 amide bonds. The standard InChI is InChI=1S/C17H23N3O2/c1-3-16(14-7-5-4-6-8-14)17(22)20(9-10-21)12-15-11-18-13(2)19-15/h4-8,11,16,21H,3,9-10,12H2,1-2H3,(H,18,19). The highest BCUT2D eigenvalue weighted by Gasteiger charge is 2.24. The molecule has 0 saturated heterocycles. The molecule has 0 aliphatic carbocycles. The number of nitrogens with one attached hydrogen (secondary N) is 1. The van der Waals surface area contributed by atoms with Crippen LogP contribution >= 0.6 is 0 Å². The first-order valence-corrected chi connectivity index (χ1v) is 7.60. The third kappa shape index (κ3) is 3.95. The molecule has 1 aromatic heterocycles. The lowest BCUT2D eigenvalue weighted by Gasteiger charge is -2.26.